The number of ether oxygens (including phenoxy) is 2. The Hall–Kier alpha value is -2.96. The monoisotopic (exact) mass is 478 g/mol. The number of amides is 1. The van der Waals surface area contributed by atoms with Crippen molar-refractivity contribution < 1.29 is 18.7 Å². The van der Waals surface area contributed by atoms with Crippen LogP contribution in [0.3, 0.4) is 0 Å². The number of carbonyl (C=O) groups is 1. The van der Waals surface area contributed by atoms with Crippen LogP contribution in [-0.4, -0.2) is 41.6 Å². The highest BCUT2D eigenvalue weighted by Crippen LogP contribution is 2.36. The minimum absolute atomic E-state index is 0.256. The molecule has 0 unspecified atom stereocenters. The van der Waals surface area contributed by atoms with Crippen molar-refractivity contribution in [1.82, 2.24) is 9.80 Å². The molecule has 0 spiro atoms. The molecule has 34 heavy (non-hydrogen) atoms. The summed E-state index contributed by atoms with van der Waals surface area (Å²) in [6, 6.07) is 18.1. The van der Waals surface area contributed by atoms with Crippen molar-refractivity contribution >= 4 is 17.5 Å². The number of fused-ring (bicyclic) bond motifs is 2. The molecule has 6 nitrogen and oxygen atoms in total. The maximum atomic E-state index is 12.9. The van der Waals surface area contributed by atoms with Crippen molar-refractivity contribution in [2.24, 2.45) is 5.92 Å². The molecule has 2 atom stereocenters. The van der Waals surface area contributed by atoms with E-state index >= 15 is 0 Å². The van der Waals surface area contributed by atoms with Crippen LogP contribution in [0.1, 0.15) is 30.6 Å². The lowest BCUT2D eigenvalue weighted by molar-refractivity contribution is -0.142. The predicted molar refractivity (Wildman–Crippen MR) is 129 cm³/mol. The first-order chi connectivity index (χ1) is 16.6. The van der Waals surface area contributed by atoms with Crippen molar-refractivity contribution in [2.75, 3.05) is 19.9 Å². The molecule has 3 aliphatic heterocycles. The van der Waals surface area contributed by atoms with Gasteiger partial charge in [-0.25, -0.2) is 0 Å². The van der Waals surface area contributed by atoms with Crippen LogP contribution in [0.2, 0.25) is 5.02 Å². The molecule has 0 saturated carbocycles. The van der Waals surface area contributed by atoms with E-state index in [0.29, 0.717) is 18.9 Å². The molecule has 0 aliphatic carbocycles. The first-order valence-electron chi connectivity index (χ1n) is 11.9. The summed E-state index contributed by atoms with van der Waals surface area (Å²) < 4.78 is 17.1. The molecule has 0 N–H and O–H groups in total. The lowest BCUT2D eigenvalue weighted by atomic mass is 9.83. The number of piperidine rings is 2. The van der Waals surface area contributed by atoms with E-state index in [9.17, 15) is 4.79 Å². The summed E-state index contributed by atoms with van der Waals surface area (Å²) in [4.78, 5) is 17.4. The van der Waals surface area contributed by atoms with Gasteiger partial charge in [0, 0.05) is 42.7 Å². The van der Waals surface area contributed by atoms with Crippen molar-refractivity contribution in [2.45, 2.75) is 38.4 Å². The second-order valence-electron chi connectivity index (χ2n) is 9.37. The summed E-state index contributed by atoms with van der Waals surface area (Å²) in [6.07, 6.45) is 2.54. The Kier molecular flexibility index (Phi) is 5.71. The summed E-state index contributed by atoms with van der Waals surface area (Å²) >= 11 is 6.00. The summed E-state index contributed by atoms with van der Waals surface area (Å²) in [5.74, 6) is 4.10. The SMILES string of the molecule is O=C1CC[C@@H]2CN(Cc3ccc(-c4ccc(Cl)cc4)o3)CC[C@@H]2N1Cc1ccc2c(c1)OCO2. The van der Waals surface area contributed by atoms with Crippen molar-refractivity contribution in [1.29, 1.82) is 0 Å². The largest absolute Gasteiger partial charge is 0.460 e. The van der Waals surface area contributed by atoms with E-state index in [0.717, 1.165) is 71.6 Å². The van der Waals surface area contributed by atoms with E-state index in [1.165, 1.54) is 0 Å². The van der Waals surface area contributed by atoms with Gasteiger partial charge in [-0.05, 0) is 72.9 Å². The Labute approximate surface area is 204 Å². The summed E-state index contributed by atoms with van der Waals surface area (Å²) in [5.41, 5.74) is 2.12. The topological polar surface area (TPSA) is 55.2 Å². The molecule has 4 heterocycles. The number of hydrogen-bond acceptors (Lipinski definition) is 5. The van der Waals surface area contributed by atoms with Gasteiger partial charge in [-0.1, -0.05) is 17.7 Å². The van der Waals surface area contributed by atoms with Gasteiger partial charge in [-0.3, -0.25) is 9.69 Å². The minimum atomic E-state index is 0.256. The van der Waals surface area contributed by atoms with Gasteiger partial charge in [-0.2, -0.15) is 0 Å². The van der Waals surface area contributed by atoms with Crippen LogP contribution in [0.4, 0.5) is 0 Å². The van der Waals surface area contributed by atoms with Gasteiger partial charge in [0.05, 0.1) is 6.54 Å². The Morgan fingerprint density at radius 1 is 0.941 bits per heavy atom. The highest BCUT2D eigenvalue weighted by atomic mass is 35.5. The normalized spacial score (nSPS) is 22.1. The lowest BCUT2D eigenvalue weighted by Gasteiger charge is -2.47. The van der Waals surface area contributed by atoms with Gasteiger partial charge >= 0.3 is 0 Å². The number of carbonyl (C=O) groups excluding carboxylic acids is 1. The highest BCUT2D eigenvalue weighted by Gasteiger charge is 2.39. The average Bonchev–Trinajstić information content (AvgIpc) is 3.51. The van der Waals surface area contributed by atoms with Crippen LogP contribution >= 0.6 is 11.6 Å². The van der Waals surface area contributed by atoms with Gasteiger partial charge in [0.25, 0.3) is 0 Å². The molecule has 0 radical (unpaired) electrons. The maximum Gasteiger partial charge on any atom is 0.231 e. The smallest absolute Gasteiger partial charge is 0.231 e. The van der Waals surface area contributed by atoms with E-state index < -0.39 is 0 Å². The first-order valence-corrected chi connectivity index (χ1v) is 12.3. The van der Waals surface area contributed by atoms with Crippen molar-refractivity contribution in [3.05, 3.63) is 70.9 Å². The number of halogens is 1. The molecule has 1 amide bonds. The number of nitrogens with zero attached hydrogens (tertiary/aromatic N) is 2. The molecule has 2 aromatic carbocycles. The summed E-state index contributed by atoms with van der Waals surface area (Å²) in [7, 11) is 0. The van der Waals surface area contributed by atoms with E-state index in [4.69, 9.17) is 25.5 Å². The minimum Gasteiger partial charge on any atom is -0.460 e. The summed E-state index contributed by atoms with van der Waals surface area (Å²) in [6.45, 7) is 3.60. The zero-order valence-electron chi connectivity index (χ0n) is 18.9. The van der Waals surface area contributed by atoms with Crippen LogP contribution in [0, 0.1) is 5.92 Å². The second kappa shape index (κ2) is 9.01. The van der Waals surface area contributed by atoms with Crippen LogP contribution in [-0.2, 0) is 17.9 Å². The molecule has 3 aromatic rings. The van der Waals surface area contributed by atoms with E-state index in [2.05, 4.69) is 15.9 Å². The van der Waals surface area contributed by atoms with E-state index in [1.54, 1.807) is 0 Å². The van der Waals surface area contributed by atoms with Crippen LogP contribution < -0.4 is 9.47 Å². The van der Waals surface area contributed by atoms with Crippen molar-refractivity contribution in [3.8, 4) is 22.8 Å². The zero-order chi connectivity index (χ0) is 23.1. The number of benzene rings is 2. The van der Waals surface area contributed by atoms with Crippen LogP contribution in [0.25, 0.3) is 11.3 Å². The van der Waals surface area contributed by atoms with Crippen molar-refractivity contribution in [3.63, 3.8) is 0 Å². The van der Waals surface area contributed by atoms with E-state index in [-0.39, 0.29) is 18.7 Å². The second-order valence-corrected chi connectivity index (χ2v) is 9.81. The third-order valence-corrected chi connectivity index (χ3v) is 7.44. The molecule has 2 saturated heterocycles. The number of furan rings is 1. The molecule has 6 rings (SSSR count). The van der Waals surface area contributed by atoms with Gasteiger partial charge < -0.3 is 18.8 Å². The molecule has 2 fully saturated rings. The fraction of sp³-hybridized carbons (Fsp3) is 0.370. The summed E-state index contributed by atoms with van der Waals surface area (Å²) in [5, 5.41) is 0.719. The van der Waals surface area contributed by atoms with Crippen LogP contribution in [0.15, 0.2) is 59.0 Å². The predicted octanol–water partition coefficient (Wildman–Crippen LogP) is 5.34. The Bertz CT molecular complexity index is 1190. The Morgan fingerprint density at radius 3 is 2.68 bits per heavy atom. The molecule has 0 bridgehead atoms. The first kappa shape index (κ1) is 21.6. The molecule has 7 heteroatoms. The van der Waals surface area contributed by atoms with Crippen LogP contribution in [0.5, 0.6) is 11.5 Å². The molecule has 3 aliphatic rings. The van der Waals surface area contributed by atoms with Gasteiger partial charge in [0.1, 0.15) is 11.5 Å². The van der Waals surface area contributed by atoms with Gasteiger partial charge in [0.15, 0.2) is 11.5 Å². The third-order valence-electron chi connectivity index (χ3n) is 7.19. The number of hydrogen-bond donors (Lipinski definition) is 0. The van der Waals surface area contributed by atoms with E-state index in [1.807, 2.05) is 48.5 Å². The standard InChI is InChI=1S/C27H27ClN2O4/c28-21-5-2-19(3-6-21)24-9-7-22(34-24)16-29-12-11-23-20(15-29)4-10-27(31)30(23)14-18-1-8-25-26(13-18)33-17-32-25/h1-3,5-9,13,20,23H,4,10-12,14-17H2/t20-,23+/m1/s1. The van der Waals surface area contributed by atoms with Gasteiger partial charge in [-0.15, -0.1) is 0 Å². The molecule has 1 aromatic heterocycles. The highest BCUT2D eigenvalue weighted by molar-refractivity contribution is 6.30. The quantitative estimate of drug-likeness (QED) is 0.495. The fourth-order valence-corrected chi connectivity index (χ4v) is 5.59. The Balaban J connectivity index is 1.11. The Morgan fingerprint density at radius 2 is 1.79 bits per heavy atom. The lowest BCUT2D eigenvalue weighted by Crippen LogP contribution is -2.55. The molecular weight excluding hydrogens is 452 g/mol. The average molecular weight is 479 g/mol. The zero-order valence-corrected chi connectivity index (χ0v) is 19.7. The fourth-order valence-electron chi connectivity index (χ4n) is 5.46. The number of rotatable bonds is 5. The molecular formula is C27H27ClN2O4. The molecule has 176 valence electrons. The number of likely N-dealkylation sites (tertiary alicyclic amines) is 2. The van der Waals surface area contributed by atoms with Gasteiger partial charge in [0.2, 0.25) is 12.7 Å². The third kappa shape index (κ3) is 4.28. The maximum absolute atomic E-state index is 12.9.